The number of nitrogens with zero attached hydrogens (tertiary/aromatic N) is 2. The topological polar surface area (TPSA) is 70.5 Å². The zero-order chi connectivity index (χ0) is 24.5. The van der Waals surface area contributed by atoms with E-state index in [0.29, 0.717) is 22.9 Å². The molecule has 1 unspecified atom stereocenters. The smallest absolute Gasteiger partial charge is 0.304 e. The maximum absolute atomic E-state index is 11.9. The molecule has 0 aliphatic carbocycles. The van der Waals surface area contributed by atoms with Gasteiger partial charge in [0.05, 0.1) is 22.2 Å². The summed E-state index contributed by atoms with van der Waals surface area (Å²) >= 11 is 9.37. The normalized spacial score (nSPS) is 11.9. The van der Waals surface area contributed by atoms with E-state index in [2.05, 4.69) is 11.1 Å². The molecule has 35 heavy (non-hydrogen) atoms. The largest absolute Gasteiger partial charge is 0.481 e. The molecule has 0 fully saturated rings. The summed E-state index contributed by atoms with van der Waals surface area (Å²) in [6.45, 7) is 0. The molecule has 1 aromatic heterocycles. The summed E-state index contributed by atoms with van der Waals surface area (Å²) in [5.41, 5.74) is 3.81. The van der Waals surface area contributed by atoms with Crippen molar-refractivity contribution in [3.8, 4) is 0 Å². The molecule has 0 bridgehead atoms. The minimum Gasteiger partial charge on any atom is -0.481 e. The second kappa shape index (κ2) is 14.9. The predicted molar refractivity (Wildman–Crippen MR) is 151 cm³/mol. The molecular formula is C26H27ClN2NaO3S2. The van der Waals surface area contributed by atoms with Gasteiger partial charge < -0.3 is 10.0 Å². The Kier molecular flexibility index (Phi) is 12.7. The zero-order valence-electron chi connectivity index (χ0n) is 20.1. The van der Waals surface area contributed by atoms with Crippen LogP contribution in [0.1, 0.15) is 34.2 Å². The number of hydrogen-bond donors (Lipinski definition) is 1. The average Bonchev–Trinajstić information content (AvgIpc) is 2.81. The molecule has 0 aliphatic heterocycles. The van der Waals surface area contributed by atoms with Crippen LogP contribution in [-0.2, 0) is 9.59 Å². The van der Waals surface area contributed by atoms with E-state index >= 15 is 0 Å². The summed E-state index contributed by atoms with van der Waals surface area (Å²) in [6.07, 6.45) is 4.54. The van der Waals surface area contributed by atoms with Crippen LogP contribution in [-0.4, -0.2) is 82.0 Å². The van der Waals surface area contributed by atoms with Crippen LogP contribution in [0.4, 0.5) is 0 Å². The van der Waals surface area contributed by atoms with Crippen molar-refractivity contribution in [2.24, 2.45) is 0 Å². The van der Waals surface area contributed by atoms with Crippen LogP contribution < -0.4 is 0 Å². The molecule has 0 saturated heterocycles. The molecule has 1 amide bonds. The van der Waals surface area contributed by atoms with Gasteiger partial charge in [-0.05, 0) is 41.5 Å². The molecular weight excluding hydrogens is 511 g/mol. The van der Waals surface area contributed by atoms with E-state index in [9.17, 15) is 9.59 Å². The van der Waals surface area contributed by atoms with E-state index in [-0.39, 0.29) is 46.5 Å². The standard InChI is InChI=1S/C26H27ClN2O3S2.Na/c1-29(2)24(30)12-14-33-26(34-15-13-25(31)32)20-5-3-4-18(16-20)6-10-22-11-8-19-7-9-21(27)17-23(19)28-22;/h3-11,16-17,26H,12-15H2,1-2H3,(H,31,32);/b10-6+;. The van der Waals surface area contributed by atoms with Gasteiger partial charge in [0.15, 0.2) is 0 Å². The second-order valence-electron chi connectivity index (χ2n) is 7.83. The van der Waals surface area contributed by atoms with Crippen molar-refractivity contribution in [3.05, 3.63) is 76.4 Å². The number of halogens is 1. The van der Waals surface area contributed by atoms with Crippen LogP contribution >= 0.6 is 35.1 Å². The maximum atomic E-state index is 11.9. The van der Waals surface area contributed by atoms with E-state index < -0.39 is 5.97 Å². The van der Waals surface area contributed by atoms with E-state index in [1.807, 2.05) is 60.7 Å². The minimum atomic E-state index is -0.806. The molecule has 3 aromatic rings. The number of benzene rings is 2. The average molecular weight is 538 g/mol. The van der Waals surface area contributed by atoms with Gasteiger partial charge in [0.25, 0.3) is 0 Å². The summed E-state index contributed by atoms with van der Waals surface area (Å²) in [5, 5.41) is 10.7. The summed E-state index contributed by atoms with van der Waals surface area (Å²) < 4.78 is 0.0450. The number of fused-ring (bicyclic) bond motifs is 1. The minimum absolute atomic E-state index is 0. The van der Waals surface area contributed by atoms with Gasteiger partial charge in [-0.15, -0.1) is 23.5 Å². The third-order valence-electron chi connectivity index (χ3n) is 4.97. The third kappa shape index (κ3) is 9.83. The first-order valence-electron chi connectivity index (χ1n) is 10.8. The molecule has 2 aromatic carbocycles. The first-order chi connectivity index (χ1) is 16.3. The molecule has 1 heterocycles. The van der Waals surface area contributed by atoms with Crippen LogP contribution in [0.25, 0.3) is 23.1 Å². The zero-order valence-corrected chi connectivity index (χ0v) is 24.5. The molecule has 1 radical (unpaired) electrons. The second-order valence-corrected chi connectivity index (χ2v) is 11.0. The molecule has 179 valence electrons. The first-order valence-corrected chi connectivity index (χ1v) is 13.3. The van der Waals surface area contributed by atoms with Crippen molar-refractivity contribution in [3.63, 3.8) is 0 Å². The van der Waals surface area contributed by atoms with Crippen molar-refractivity contribution < 1.29 is 14.7 Å². The van der Waals surface area contributed by atoms with Crippen LogP contribution in [0, 0.1) is 0 Å². The van der Waals surface area contributed by atoms with Gasteiger partial charge in [0.1, 0.15) is 0 Å². The van der Waals surface area contributed by atoms with Crippen molar-refractivity contribution in [2.45, 2.75) is 17.4 Å². The summed E-state index contributed by atoms with van der Waals surface area (Å²) in [5.74, 6) is 0.464. The Morgan fingerprint density at radius 1 is 1.03 bits per heavy atom. The number of aliphatic carboxylic acids is 1. The van der Waals surface area contributed by atoms with Crippen LogP contribution in [0.15, 0.2) is 54.6 Å². The number of pyridine rings is 1. The van der Waals surface area contributed by atoms with Gasteiger partial charge in [-0.1, -0.05) is 48.0 Å². The quantitative estimate of drug-likeness (QED) is 0.235. The number of carboxylic acid groups (broad SMARTS) is 1. The molecule has 9 heteroatoms. The Hall–Kier alpha value is -1.48. The summed E-state index contributed by atoms with van der Waals surface area (Å²) in [4.78, 5) is 29.2. The first kappa shape index (κ1) is 29.7. The fraction of sp³-hybridized carbons (Fsp3) is 0.269. The molecule has 1 N–H and O–H groups in total. The fourth-order valence-electron chi connectivity index (χ4n) is 3.16. The van der Waals surface area contributed by atoms with Crippen molar-refractivity contribution in [1.29, 1.82) is 0 Å². The van der Waals surface area contributed by atoms with Crippen LogP contribution in [0.5, 0.6) is 0 Å². The van der Waals surface area contributed by atoms with Crippen molar-refractivity contribution in [2.75, 3.05) is 25.6 Å². The third-order valence-corrected chi connectivity index (χ3v) is 8.06. The van der Waals surface area contributed by atoms with Gasteiger partial charge in [-0.2, -0.15) is 0 Å². The number of carboxylic acids is 1. The van der Waals surface area contributed by atoms with Crippen molar-refractivity contribution >= 4 is 99.6 Å². The van der Waals surface area contributed by atoms with Gasteiger partial charge in [-0.3, -0.25) is 9.59 Å². The van der Waals surface area contributed by atoms with Crippen LogP contribution in [0.2, 0.25) is 5.02 Å². The van der Waals surface area contributed by atoms with E-state index in [1.165, 1.54) is 0 Å². The number of amides is 1. The Balaban J connectivity index is 0.00000432. The molecule has 1 atom stereocenters. The Morgan fingerprint density at radius 3 is 2.46 bits per heavy atom. The van der Waals surface area contributed by atoms with Gasteiger partial charge in [0, 0.05) is 72.0 Å². The maximum Gasteiger partial charge on any atom is 0.304 e. The number of rotatable bonds is 11. The number of carbonyl (C=O) groups is 2. The number of thioether (sulfide) groups is 2. The van der Waals surface area contributed by atoms with E-state index in [1.54, 1.807) is 42.5 Å². The summed E-state index contributed by atoms with van der Waals surface area (Å²) in [7, 11) is 3.50. The Labute approximate surface area is 242 Å². The van der Waals surface area contributed by atoms with Gasteiger partial charge >= 0.3 is 5.97 Å². The summed E-state index contributed by atoms with van der Waals surface area (Å²) in [6, 6.07) is 17.8. The molecule has 0 aliphatic rings. The van der Waals surface area contributed by atoms with E-state index in [4.69, 9.17) is 16.7 Å². The van der Waals surface area contributed by atoms with Crippen LogP contribution in [0.3, 0.4) is 0 Å². The molecule has 0 saturated carbocycles. The van der Waals surface area contributed by atoms with Gasteiger partial charge in [0.2, 0.25) is 5.91 Å². The Bertz CT molecular complexity index is 1190. The van der Waals surface area contributed by atoms with E-state index in [0.717, 1.165) is 27.7 Å². The Morgan fingerprint density at radius 2 is 1.74 bits per heavy atom. The molecule has 0 spiro atoms. The predicted octanol–water partition coefficient (Wildman–Crippen LogP) is 6.10. The van der Waals surface area contributed by atoms with Gasteiger partial charge in [-0.25, -0.2) is 4.98 Å². The SMILES string of the molecule is CN(C)C(=O)CCSC(SCCC(=O)O)c1cccc(/C=C/c2ccc3ccc(Cl)cc3n2)c1.[Na]. The number of aromatic nitrogens is 1. The van der Waals surface area contributed by atoms with Crippen molar-refractivity contribution in [1.82, 2.24) is 9.88 Å². The molecule has 3 rings (SSSR count). The molecule has 5 nitrogen and oxygen atoms in total. The fourth-order valence-corrected chi connectivity index (χ4v) is 5.98. The number of carbonyl (C=O) groups excluding carboxylic acids is 1. The monoisotopic (exact) mass is 537 g/mol. The number of hydrogen-bond acceptors (Lipinski definition) is 5.